The van der Waals surface area contributed by atoms with Crippen molar-refractivity contribution in [2.45, 2.75) is 25.3 Å². The summed E-state index contributed by atoms with van der Waals surface area (Å²) in [5.74, 6) is -0.0330. The van der Waals surface area contributed by atoms with Gasteiger partial charge in [0, 0.05) is 24.6 Å². The molecule has 2 aliphatic heterocycles. The highest BCUT2D eigenvalue weighted by molar-refractivity contribution is 5.94. The number of benzene rings is 1. The summed E-state index contributed by atoms with van der Waals surface area (Å²) in [7, 11) is 0. The van der Waals surface area contributed by atoms with E-state index >= 15 is 0 Å². The van der Waals surface area contributed by atoms with Gasteiger partial charge in [-0.15, -0.1) is 0 Å². The lowest BCUT2D eigenvalue weighted by Crippen LogP contribution is -2.40. The first-order chi connectivity index (χ1) is 12.1. The SMILES string of the molecule is O=C(c1ccccc1F)N1CCc2c(nc(C3CCNC3)[nH]c2=O)C1. The summed E-state index contributed by atoms with van der Waals surface area (Å²) in [6.07, 6.45) is 1.36. The molecule has 1 amide bonds. The topological polar surface area (TPSA) is 78.1 Å². The van der Waals surface area contributed by atoms with Gasteiger partial charge in [0.15, 0.2) is 0 Å². The second-order valence-electron chi connectivity index (χ2n) is 6.52. The number of carbonyl (C=O) groups is 1. The Morgan fingerprint density at radius 2 is 2.16 bits per heavy atom. The Hall–Kier alpha value is -2.54. The number of rotatable bonds is 2. The molecule has 4 rings (SSSR count). The van der Waals surface area contributed by atoms with Crippen molar-refractivity contribution >= 4 is 5.91 Å². The molecule has 0 radical (unpaired) electrons. The Morgan fingerprint density at radius 3 is 2.92 bits per heavy atom. The fraction of sp³-hybridized carbons (Fsp3) is 0.389. The number of aromatic nitrogens is 2. The fourth-order valence-corrected chi connectivity index (χ4v) is 3.52. The number of nitrogens with one attached hydrogen (secondary N) is 2. The molecule has 1 atom stereocenters. The van der Waals surface area contributed by atoms with Gasteiger partial charge in [-0.2, -0.15) is 0 Å². The summed E-state index contributed by atoms with van der Waals surface area (Å²) >= 11 is 0. The van der Waals surface area contributed by atoms with Crippen LogP contribution < -0.4 is 10.9 Å². The summed E-state index contributed by atoms with van der Waals surface area (Å²) < 4.78 is 13.9. The maximum Gasteiger partial charge on any atom is 0.257 e. The molecule has 1 fully saturated rings. The number of halogens is 1. The zero-order valence-corrected chi connectivity index (χ0v) is 13.7. The fourth-order valence-electron chi connectivity index (χ4n) is 3.52. The molecule has 2 aliphatic rings. The van der Waals surface area contributed by atoms with Crippen LogP contribution in [0.5, 0.6) is 0 Å². The van der Waals surface area contributed by atoms with Crippen molar-refractivity contribution in [3.63, 3.8) is 0 Å². The molecule has 1 saturated heterocycles. The third-order valence-electron chi connectivity index (χ3n) is 4.93. The average Bonchev–Trinajstić information content (AvgIpc) is 3.16. The molecule has 1 unspecified atom stereocenters. The van der Waals surface area contributed by atoms with E-state index in [1.807, 2.05) is 0 Å². The van der Waals surface area contributed by atoms with E-state index in [1.165, 1.54) is 12.1 Å². The molecule has 0 aliphatic carbocycles. The summed E-state index contributed by atoms with van der Waals surface area (Å²) in [5, 5.41) is 3.26. The minimum absolute atomic E-state index is 0.0519. The number of H-pyrrole nitrogens is 1. The van der Waals surface area contributed by atoms with Crippen LogP contribution in [-0.2, 0) is 13.0 Å². The highest BCUT2D eigenvalue weighted by atomic mass is 19.1. The van der Waals surface area contributed by atoms with Crippen LogP contribution in [0.4, 0.5) is 4.39 Å². The first kappa shape index (κ1) is 16.0. The van der Waals surface area contributed by atoms with Gasteiger partial charge in [0.1, 0.15) is 11.6 Å². The minimum atomic E-state index is -0.533. The zero-order valence-electron chi connectivity index (χ0n) is 13.7. The van der Waals surface area contributed by atoms with Crippen LogP contribution in [-0.4, -0.2) is 40.4 Å². The van der Waals surface area contributed by atoms with Crippen molar-refractivity contribution in [3.8, 4) is 0 Å². The van der Waals surface area contributed by atoms with Gasteiger partial charge in [0.2, 0.25) is 0 Å². The average molecular weight is 342 g/mol. The molecule has 1 aromatic heterocycles. The summed E-state index contributed by atoms with van der Waals surface area (Å²) in [4.78, 5) is 34.1. The Balaban J connectivity index is 1.63. The van der Waals surface area contributed by atoms with Crippen molar-refractivity contribution in [1.82, 2.24) is 20.2 Å². The Morgan fingerprint density at radius 1 is 1.32 bits per heavy atom. The van der Waals surface area contributed by atoms with Gasteiger partial charge in [0.05, 0.1) is 17.8 Å². The maximum atomic E-state index is 13.9. The molecule has 0 saturated carbocycles. The Kier molecular flexibility index (Phi) is 4.09. The molecular weight excluding hydrogens is 323 g/mol. The van der Waals surface area contributed by atoms with Gasteiger partial charge in [-0.25, -0.2) is 9.37 Å². The van der Waals surface area contributed by atoms with Crippen molar-refractivity contribution in [1.29, 1.82) is 0 Å². The lowest BCUT2D eigenvalue weighted by Gasteiger charge is -2.28. The molecule has 1 aromatic carbocycles. The lowest BCUT2D eigenvalue weighted by molar-refractivity contribution is 0.0726. The molecule has 25 heavy (non-hydrogen) atoms. The highest BCUT2D eigenvalue weighted by Gasteiger charge is 2.28. The Labute approximate surface area is 144 Å². The summed E-state index contributed by atoms with van der Waals surface area (Å²) in [6.45, 7) is 2.32. The van der Waals surface area contributed by atoms with E-state index < -0.39 is 5.82 Å². The van der Waals surface area contributed by atoms with Crippen LogP contribution in [0.2, 0.25) is 0 Å². The molecule has 130 valence electrons. The lowest BCUT2D eigenvalue weighted by atomic mass is 10.0. The molecular formula is C18H19FN4O2. The van der Waals surface area contributed by atoms with E-state index in [1.54, 1.807) is 17.0 Å². The van der Waals surface area contributed by atoms with Crippen molar-refractivity contribution in [3.05, 3.63) is 63.1 Å². The summed E-state index contributed by atoms with van der Waals surface area (Å²) in [6, 6.07) is 5.95. The maximum absolute atomic E-state index is 13.9. The monoisotopic (exact) mass is 342 g/mol. The molecule has 6 nitrogen and oxygen atoms in total. The van der Waals surface area contributed by atoms with Crippen molar-refractivity contribution in [2.24, 2.45) is 0 Å². The largest absolute Gasteiger partial charge is 0.332 e. The van der Waals surface area contributed by atoms with Crippen LogP contribution in [0.3, 0.4) is 0 Å². The van der Waals surface area contributed by atoms with E-state index in [0.717, 1.165) is 19.5 Å². The normalized spacial score (nSPS) is 19.7. The van der Waals surface area contributed by atoms with Gasteiger partial charge in [0.25, 0.3) is 11.5 Å². The molecule has 0 bridgehead atoms. The number of aromatic amines is 1. The number of carbonyl (C=O) groups excluding carboxylic acids is 1. The van der Waals surface area contributed by atoms with Crippen LogP contribution in [0.25, 0.3) is 0 Å². The molecule has 2 N–H and O–H groups in total. The first-order valence-corrected chi connectivity index (χ1v) is 8.50. The van der Waals surface area contributed by atoms with Gasteiger partial charge in [-0.05, 0) is 31.5 Å². The number of fused-ring (bicyclic) bond motifs is 1. The van der Waals surface area contributed by atoms with E-state index in [0.29, 0.717) is 30.0 Å². The third kappa shape index (κ3) is 2.95. The molecule has 7 heteroatoms. The van der Waals surface area contributed by atoms with E-state index in [9.17, 15) is 14.0 Å². The predicted molar refractivity (Wildman–Crippen MR) is 89.9 cm³/mol. The number of amides is 1. The number of hydrogen-bond donors (Lipinski definition) is 2. The third-order valence-corrected chi connectivity index (χ3v) is 4.93. The highest BCUT2D eigenvalue weighted by Crippen LogP contribution is 2.22. The van der Waals surface area contributed by atoms with E-state index in [-0.39, 0.29) is 29.5 Å². The van der Waals surface area contributed by atoms with Crippen LogP contribution in [0.15, 0.2) is 29.1 Å². The Bertz CT molecular complexity index is 874. The standard InChI is InChI=1S/C18H19FN4O2/c19-14-4-2-1-3-12(14)18(25)23-8-6-13-15(10-23)21-16(22-17(13)24)11-5-7-20-9-11/h1-4,11,20H,5-10H2,(H,21,22,24). The van der Waals surface area contributed by atoms with Gasteiger partial charge in [-0.1, -0.05) is 12.1 Å². The molecule has 2 aromatic rings. The van der Waals surface area contributed by atoms with Gasteiger partial charge >= 0.3 is 0 Å². The van der Waals surface area contributed by atoms with Crippen molar-refractivity contribution < 1.29 is 9.18 Å². The minimum Gasteiger partial charge on any atom is -0.332 e. The quantitative estimate of drug-likeness (QED) is 0.859. The second kappa shape index (κ2) is 6.40. The summed E-state index contributed by atoms with van der Waals surface area (Å²) in [5.41, 5.74) is 1.19. The van der Waals surface area contributed by atoms with Gasteiger partial charge in [-0.3, -0.25) is 9.59 Å². The molecule has 0 spiro atoms. The zero-order chi connectivity index (χ0) is 17.4. The first-order valence-electron chi connectivity index (χ1n) is 8.50. The second-order valence-corrected chi connectivity index (χ2v) is 6.52. The number of nitrogens with zero attached hydrogens (tertiary/aromatic N) is 2. The number of hydrogen-bond acceptors (Lipinski definition) is 4. The van der Waals surface area contributed by atoms with Crippen LogP contribution in [0, 0.1) is 5.82 Å². The van der Waals surface area contributed by atoms with Crippen LogP contribution in [0.1, 0.15) is 39.8 Å². The van der Waals surface area contributed by atoms with Crippen LogP contribution >= 0.6 is 0 Å². The van der Waals surface area contributed by atoms with E-state index in [4.69, 9.17) is 0 Å². The predicted octanol–water partition coefficient (Wildman–Crippen LogP) is 1.18. The van der Waals surface area contributed by atoms with Crippen molar-refractivity contribution in [2.75, 3.05) is 19.6 Å². The van der Waals surface area contributed by atoms with Gasteiger partial charge < -0.3 is 15.2 Å². The van der Waals surface area contributed by atoms with E-state index in [2.05, 4.69) is 15.3 Å². The smallest absolute Gasteiger partial charge is 0.257 e. The molecule has 3 heterocycles.